The highest BCUT2D eigenvalue weighted by atomic mass is 16.3. The fraction of sp³-hybridized carbons (Fsp3) is 0.333. The molecule has 0 aromatic heterocycles. The number of unbranched alkanes of at least 4 members (excludes halogenated alkanes) is 1. The van der Waals surface area contributed by atoms with E-state index in [1.807, 2.05) is 31.2 Å². The van der Waals surface area contributed by atoms with Gasteiger partial charge in [-0.3, -0.25) is 0 Å². The summed E-state index contributed by atoms with van der Waals surface area (Å²) in [6.45, 7) is 16.5. The molecule has 0 radical (unpaired) electrons. The van der Waals surface area contributed by atoms with Gasteiger partial charge in [0.2, 0.25) is 0 Å². The topological polar surface area (TPSA) is 40.5 Å². The third kappa shape index (κ3) is 6.12. The minimum atomic E-state index is 0.00305. The van der Waals surface area contributed by atoms with Crippen LogP contribution in [0.15, 0.2) is 55.6 Å². The smallest absolute Gasteiger partial charge is 0.116 e. The molecule has 154 valence electrons. The van der Waals surface area contributed by atoms with Gasteiger partial charge in [0.1, 0.15) is 11.5 Å². The van der Waals surface area contributed by atoms with Gasteiger partial charge in [0.05, 0.1) is 0 Å². The molecule has 0 saturated carbocycles. The largest absolute Gasteiger partial charge is 0.508 e. The Bertz CT molecular complexity index is 911. The van der Waals surface area contributed by atoms with Crippen LogP contribution in [0.2, 0.25) is 0 Å². The molecule has 0 unspecified atom stereocenters. The summed E-state index contributed by atoms with van der Waals surface area (Å²) in [6, 6.07) is 9.23. The van der Waals surface area contributed by atoms with Crippen molar-refractivity contribution in [3.05, 3.63) is 83.5 Å². The van der Waals surface area contributed by atoms with E-state index in [0.29, 0.717) is 6.42 Å². The fourth-order valence-corrected chi connectivity index (χ4v) is 3.79. The normalized spacial score (nSPS) is 11.7. The van der Waals surface area contributed by atoms with Crippen LogP contribution in [0.5, 0.6) is 11.5 Å². The van der Waals surface area contributed by atoms with Gasteiger partial charge < -0.3 is 10.2 Å². The van der Waals surface area contributed by atoms with Crippen LogP contribution in [0.1, 0.15) is 68.4 Å². The molecule has 2 aromatic carbocycles. The van der Waals surface area contributed by atoms with Crippen molar-refractivity contribution in [1.82, 2.24) is 0 Å². The third-order valence-electron chi connectivity index (χ3n) is 5.05. The summed E-state index contributed by atoms with van der Waals surface area (Å²) in [4.78, 5) is 0. The van der Waals surface area contributed by atoms with Crippen LogP contribution in [0.4, 0.5) is 0 Å². The van der Waals surface area contributed by atoms with Crippen molar-refractivity contribution in [3.8, 4) is 11.5 Å². The maximum Gasteiger partial charge on any atom is 0.116 e. The summed E-state index contributed by atoms with van der Waals surface area (Å²) in [7, 11) is 0. The highest BCUT2D eigenvalue weighted by Gasteiger charge is 2.17. The number of aryl methyl sites for hydroxylation is 1. The number of hydrogen-bond donors (Lipinski definition) is 2. The number of phenolic OH excluding ortho intramolecular Hbond substituents is 2. The van der Waals surface area contributed by atoms with Gasteiger partial charge in [0.25, 0.3) is 0 Å². The van der Waals surface area contributed by atoms with Crippen molar-refractivity contribution >= 4 is 11.6 Å². The van der Waals surface area contributed by atoms with Gasteiger partial charge in [0, 0.05) is 0 Å². The number of benzene rings is 2. The van der Waals surface area contributed by atoms with Gasteiger partial charge in [-0.2, -0.15) is 0 Å². The third-order valence-corrected chi connectivity index (χ3v) is 5.05. The van der Waals surface area contributed by atoms with Gasteiger partial charge in [-0.15, -0.1) is 6.58 Å². The van der Waals surface area contributed by atoms with Gasteiger partial charge in [-0.05, 0) is 90.1 Å². The molecular formula is C27H34O2. The van der Waals surface area contributed by atoms with E-state index in [4.69, 9.17) is 0 Å². The molecule has 2 rings (SSSR count). The van der Waals surface area contributed by atoms with Crippen molar-refractivity contribution in [1.29, 1.82) is 0 Å². The van der Waals surface area contributed by atoms with Gasteiger partial charge >= 0.3 is 0 Å². The molecule has 0 aliphatic carbocycles. The molecule has 2 N–H and O–H groups in total. The lowest BCUT2D eigenvalue weighted by Gasteiger charge is -2.22. The molecule has 0 bridgehead atoms. The fourth-order valence-electron chi connectivity index (χ4n) is 3.79. The van der Waals surface area contributed by atoms with Crippen molar-refractivity contribution < 1.29 is 10.2 Å². The lowest BCUT2D eigenvalue weighted by atomic mass is 9.82. The molecule has 0 saturated heterocycles. The molecule has 0 aliphatic heterocycles. The first-order valence-corrected chi connectivity index (χ1v) is 10.2. The minimum Gasteiger partial charge on any atom is -0.508 e. The monoisotopic (exact) mass is 390 g/mol. The summed E-state index contributed by atoms with van der Waals surface area (Å²) < 4.78 is 0. The predicted octanol–water partition coefficient (Wildman–Crippen LogP) is 7.19. The molecule has 0 fully saturated rings. The highest BCUT2D eigenvalue weighted by Crippen LogP contribution is 2.31. The number of hydrogen-bond acceptors (Lipinski definition) is 2. The zero-order chi connectivity index (χ0) is 21.6. The van der Waals surface area contributed by atoms with Crippen LogP contribution in [-0.4, -0.2) is 10.2 Å². The lowest BCUT2D eigenvalue weighted by Crippen LogP contribution is -2.13. The van der Waals surface area contributed by atoms with E-state index in [1.165, 1.54) is 5.56 Å². The molecule has 2 aromatic rings. The minimum absolute atomic E-state index is 0.00305. The van der Waals surface area contributed by atoms with Crippen molar-refractivity contribution in [2.45, 2.75) is 58.8 Å². The standard InChI is InChI=1S/C27H34O2/c1-7-8-9-11-21-17-24(29)18-22(26(21)19(2)3)13-10-12-20-16-23(28)14-15-25(20)27(4,5)6/h7,10,13-18,28-29H,1-2,8-9,11-12H2,3-6H3/b13-10+. The Labute approximate surface area is 175 Å². The number of aromatic hydroxyl groups is 2. The predicted molar refractivity (Wildman–Crippen MR) is 125 cm³/mol. The lowest BCUT2D eigenvalue weighted by molar-refractivity contribution is 0.473. The number of phenols is 2. The summed E-state index contributed by atoms with van der Waals surface area (Å²) >= 11 is 0. The van der Waals surface area contributed by atoms with Crippen LogP contribution >= 0.6 is 0 Å². The first-order chi connectivity index (χ1) is 13.6. The Morgan fingerprint density at radius 2 is 1.72 bits per heavy atom. The average Bonchev–Trinajstić information content (AvgIpc) is 2.60. The van der Waals surface area contributed by atoms with E-state index in [2.05, 4.69) is 46.1 Å². The highest BCUT2D eigenvalue weighted by molar-refractivity contribution is 5.75. The Morgan fingerprint density at radius 3 is 2.34 bits per heavy atom. The molecule has 2 heteroatoms. The van der Waals surface area contributed by atoms with E-state index in [-0.39, 0.29) is 16.9 Å². The Kier molecular flexibility index (Phi) is 7.50. The summed E-state index contributed by atoms with van der Waals surface area (Å²) in [5, 5.41) is 20.2. The Hall–Kier alpha value is -2.74. The number of rotatable bonds is 8. The summed E-state index contributed by atoms with van der Waals surface area (Å²) in [5.41, 5.74) is 6.53. The molecule has 0 amide bonds. The molecular weight excluding hydrogens is 356 g/mol. The van der Waals surface area contributed by atoms with Crippen molar-refractivity contribution in [2.24, 2.45) is 0 Å². The van der Waals surface area contributed by atoms with E-state index in [1.54, 1.807) is 12.1 Å². The average molecular weight is 391 g/mol. The van der Waals surface area contributed by atoms with Crippen LogP contribution in [-0.2, 0) is 18.3 Å². The van der Waals surface area contributed by atoms with Gasteiger partial charge in [0.15, 0.2) is 0 Å². The molecule has 0 spiro atoms. The maximum absolute atomic E-state index is 10.2. The molecule has 2 nitrogen and oxygen atoms in total. The van der Waals surface area contributed by atoms with Crippen molar-refractivity contribution in [3.63, 3.8) is 0 Å². The summed E-state index contributed by atoms with van der Waals surface area (Å²) in [5.74, 6) is 0.557. The zero-order valence-corrected chi connectivity index (χ0v) is 18.3. The van der Waals surface area contributed by atoms with Crippen LogP contribution < -0.4 is 0 Å². The molecule has 0 atom stereocenters. The van der Waals surface area contributed by atoms with E-state index < -0.39 is 0 Å². The quantitative estimate of drug-likeness (QED) is 0.370. The van der Waals surface area contributed by atoms with Crippen molar-refractivity contribution in [2.75, 3.05) is 0 Å². The second kappa shape index (κ2) is 9.65. The van der Waals surface area contributed by atoms with Gasteiger partial charge in [-0.1, -0.05) is 57.2 Å². The first kappa shape index (κ1) is 22.5. The number of allylic oxidation sites excluding steroid dienone is 3. The Balaban J connectivity index is 2.37. The first-order valence-electron chi connectivity index (χ1n) is 10.2. The van der Waals surface area contributed by atoms with Crippen LogP contribution in [0.3, 0.4) is 0 Å². The van der Waals surface area contributed by atoms with Gasteiger partial charge in [-0.25, -0.2) is 0 Å². The molecule has 0 heterocycles. The van der Waals surface area contributed by atoms with Crippen LogP contribution in [0, 0.1) is 0 Å². The van der Waals surface area contributed by atoms with Crippen LogP contribution in [0.25, 0.3) is 11.6 Å². The second-order valence-electron chi connectivity index (χ2n) is 8.73. The Morgan fingerprint density at radius 1 is 1.03 bits per heavy atom. The van der Waals surface area contributed by atoms with E-state index in [9.17, 15) is 10.2 Å². The second-order valence-corrected chi connectivity index (χ2v) is 8.73. The molecule has 29 heavy (non-hydrogen) atoms. The maximum atomic E-state index is 10.2. The zero-order valence-electron chi connectivity index (χ0n) is 18.3. The SMILES string of the molecule is C=CCCCc1cc(O)cc(/C=C/Cc2cc(O)ccc2C(C)(C)C)c1C(=C)C. The summed E-state index contributed by atoms with van der Waals surface area (Å²) in [6.07, 6.45) is 9.60. The molecule has 0 aliphatic rings. The van der Waals surface area contributed by atoms with E-state index in [0.717, 1.165) is 47.1 Å². The van der Waals surface area contributed by atoms with E-state index >= 15 is 0 Å².